The number of rotatable bonds is 8. The largest absolute Gasteiger partial charge is 2.00 e. The first-order chi connectivity index (χ1) is 20.0. The topological polar surface area (TPSA) is 129 Å². The van der Waals surface area contributed by atoms with Crippen molar-refractivity contribution in [3.8, 4) is 0 Å². The minimum absolute atomic E-state index is 0. The van der Waals surface area contributed by atoms with Crippen molar-refractivity contribution >= 4 is 62.4 Å². The van der Waals surface area contributed by atoms with Gasteiger partial charge in [0.05, 0.1) is 22.8 Å². The standard InChI is InChI=1S/C34H34N4O4.Fe.Zn/c1-7-21-17(3)25-13-26-19(5)23(9-11-33(39)40)31(37-26)16-32-24(10-12-34(41)42)20(6)28(38-32)15-30-22(8-2)18(4)27(36-30)14-29(21)35-25;;/h7-8,13-16H,1-2,9-12H2,3-6H3,(H4,35,36,37,38,39,40,41,42);;/q;+2;/p-2. The number of aromatic nitrogens is 4. The van der Waals surface area contributed by atoms with Crippen LogP contribution in [0.3, 0.4) is 0 Å². The molecule has 5 rings (SSSR count). The monoisotopic (exact) mass is 680 g/mol. The molecule has 44 heavy (non-hydrogen) atoms. The average Bonchev–Trinajstić information content (AvgIpc) is 3.59. The van der Waals surface area contributed by atoms with E-state index >= 15 is 0 Å². The Morgan fingerprint density at radius 3 is 1.89 bits per heavy atom. The molecular formula is C34H32FeN4O4Zn. The summed E-state index contributed by atoms with van der Waals surface area (Å²) < 4.78 is 0. The van der Waals surface area contributed by atoms with Crippen molar-refractivity contribution in [2.75, 3.05) is 0 Å². The smallest absolute Gasteiger partial charge is 0.657 e. The van der Waals surface area contributed by atoms with Crippen molar-refractivity contribution < 1.29 is 56.3 Å². The average molecular weight is 682 g/mol. The molecule has 5 heterocycles. The molecule has 2 aliphatic rings. The number of hydrogen-bond donors (Lipinski definition) is 2. The van der Waals surface area contributed by atoms with Crippen LogP contribution in [0.4, 0.5) is 0 Å². The Labute approximate surface area is 279 Å². The summed E-state index contributed by atoms with van der Waals surface area (Å²) in [5.74, 6) is -1.80. The second kappa shape index (κ2) is 13.9. The van der Waals surface area contributed by atoms with Crippen LogP contribution in [0.25, 0.3) is 50.4 Å². The molecule has 0 atom stereocenters. The molecular weight excluding hydrogens is 650 g/mol. The minimum atomic E-state index is -0.898. The van der Waals surface area contributed by atoms with Gasteiger partial charge in [0, 0.05) is 37.9 Å². The van der Waals surface area contributed by atoms with Crippen molar-refractivity contribution in [3.63, 3.8) is 0 Å². The third kappa shape index (κ3) is 6.48. The third-order valence-electron chi connectivity index (χ3n) is 8.06. The van der Waals surface area contributed by atoms with Crippen LogP contribution in [0.15, 0.2) is 43.5 Å². The van der Waals surface area contributed by atoms with Gasteiger partial charge in [-0.05, 0) is 62.8 Å². The van der Waals surface area contributed by atoms with E-state index in [-0.39, 0.29) is 49.4 Å². The molecule has 0 saturated carbocycles. The van der Waals surface area contributed by atoms with Crippen LogP contribution in [0, 0.1) is 13.8 Å². The van der Waals surface area contributed by atoms with E-state index in [1.807, 2.05) is 52.0 Å². The van der Waals surface area contributed by atoms with Crippen molar-refractivity contribution in [1.82, 2.24) is 19.9 Å². The summed E-state index contributed by atoms with van der Waals surface area (Å²) in [7, 11) is 0. The van der Waals surface area contributed by atoms with Crippen LogP contribution >= 0.6 is 0 Å². The number of aliphatic carboxylic acids is 2. The molecule has 0 aliphatic carbocycles. The molecule has 8 bridgehead atoms. The number of carboxylic acids is 2. The zero-order chi connectivity index (χ0) is 30.3. The van der Waals surface area contributed by atoms with Gasteiger partial charge in [-0.25, -0.2) is 9.97 Å². The predicted molar refractivity (Wildman–Crippen MR) is 167 cm³/mol. The van der Waals surface area contributed by atoms with Crippen LogP contribution in [-0.2, 0) is 52.6 Å². The number of nitrogens with zero attached hydrogens (tertiary/aromatic N) is 4. The fourth-order valence-corrected chi connectivity index (χ4v) is 5.61. The molecule has 222 valence electrons. The zero-order valence-electron chi connectivity index (χ0n) is 25.3. The second-order valence-electron chi connectivity index (χ2n) is 10.6. The van der Waals surface area contributed by atoms with Crippen molar-refractivity contribution in [3.05, 3.63) is 88.5 Å². The number of allylic oxidation sites excluding steroid dienone is 5. The summed E-state index contributed by atoms with van der Waals surface area (Å²) in [5, 5.41) is 18.9. The van der Waals surface area contributed by atoms with Crippen LogP contribution in [0.2, 0.25) is 0 Å². The summed E-state index contributed by atoms with van der Waals surface area (Å²) in [6.45, 7) is 15.9. The number of carbonyl (C=O) groups is 2. The maximum atomic E-state index is 11.5. The van der Waals surface area contributed by atoms with Gasteiger partial charge in [0.1, 0.15) is 0 Å². The molecule has 0 unspecified atom stereocenters. The molecule has 0 aromatic carbocycles. The molecule has 0 radical (unpaired) electrons. The molecule has 0 saturated heterocycles. The van der Waals surface area contributed by atoms with Crippen LogP contribution in [0.5, 0.6) is 0 Å². The van der Waals surface area contributed by atoms with E-state index in [9.17, 15) is 19.8 Å². The fraction of sp³-hybridized carbons (Fsp3) is 0.235. The van der Waals surface area contributed by atoms with E-state index in [0.717, 1.165) is 61.5 Å². The minimum Gasteiger partial charge on any atom is -0.657 e. The Hall–Kier alpha value is -3.84. The summed E-state index contributed by atoms with van der Waals surface area (Å²) in [4.78, 5) is 42.7. The van der Waals surface area contributed by atoms with Gasteiger partial charge in [0.25, 0.3) is 0 Å². The summed E-state index contributed by atoms with van der Waals surface area (Å²) in [5.41, 5.74) is 12.6. The molecule has 2 N–H and O–H groups in total. The maximum absolute atomic E-state index is 11.5. The Balaban J connectivity index is 0.00000264. The Morgan fingerprint density at radius 1 is 0.727 bits per heavy atom. The molecule has 0 amide bonds. The van der Waals surface area contributed by atoms with Crippen LogP contribution < -0.4 is 9.97 Å². The first kappa shape index (κ1) is 34.7. The number of carboxylic acid groups (broad SMARTS) is 2. The van der Waals surface area contributed by atoms with Gasteiger partial charge in [-0.2, -0.15) is 0 Å². The summed E-state index contributed by atoms with van der Waals surface area (Å²) >= 11 is 0. The van der Waals surface area contributed by atoms with Crippen molar-refractivity contribution in [2.45, 2.75) is 53.4 Å². The zero-order valence-corrected chi connectivity index (χ0v) is 29.3. The molecule has 3 aromatic heterocycles. The van der Waals surface area contributed by atoms with Gasteiger partial charge < -0.3 is 20.2 Å². The molecule has 10 heteroatoms. The van der Waals surface area contributed by atoms with E-state index in [1.54, 1.807) is 12.2 Å². The van der Waals surface area contributed by atoms with E-state index in [0.29, 0.717) is 40.8 Å². The van der Waals surface area contributed by atoms with Crippen LogP contribution in [0.1, 0.15) is 78.1 Å². The van der Waals surface area contributed by atoms with Gasteiger partial charge in [-0.15, -0.1) is 22.1 Å². The second-order valence-corrected chi connectivity index (χ2v) is 10.6. The molecule has 2 aliphatic heterocycles. The molecule has 0 spiro atoms. The fourth-order valence-electron chi connectivity index (χ4n) is 5.61. The van der Waals surface area contributed by atoms with Crippen LogP contribution in [-0.4, -0.2) is 32.1 Å². The molecule has 3 aromatic rings. The normalized spacial score (nSPS) is 12.5. The van der Waals surface area contributed by atoms with Crippen molar-refractivity contribution in [1.29, 1.82) is 0 Å². The van der Waals surface area contributed by atoms with E-state index in [2.05, 4.69) is 13.2 Å². The van der Waals surface area contributed by atoms with Crippen molar-refractivity contribution in [2.24, 2.45) is 0 Å². The summed E-state index contributed by atoms with van der Waals surface area (Å²) in [6, 6.07) is 7.62. The first-order valence-electron chi connectivity index (χ1n) is 13.8. The SMILES string of the molecule is C=CC1=C(C)c2cc3[n-]c(cc4nc(cc5[n-]c(cc1n2)c(C)c5C=C)C(C)=C4CCC(=O)O)c(CCC(=O)O)c3C.[Fe+2].[Zn]. The van der Waals surface area contributed by atoms with Gasteiger partial charge in [0.2, 0.25) is 0 Å². The number of hydrogen-bond acceptors (Lipinski definition) is 4. The quantitative estimate of drug-likeness (QED) is 0.250. The Kier molecular flexibility index (Phi) is 10.9. The van der Waals surface area contributed by atoms with E-state index in [1.165, 1.54) is 0 Å². The number of fused-ring (bicyclic) bond motifs is 8. The van der Waals surface area contributed by atoms with Gasteiger partial charge in [-0.3, -0.25) is 9.59 Å². The van der Waals surface area contributed by atoms with Gasteiger partial charge >= 0.3 is 29.0 Å². The van der Waals surface area contributed by atoms with E-state index < -0.39 is 11.9 Å². The predicted octanol–water partition coefficient (Wildman–Crippen LogP) is 6.76. The Bertz CT molecular complexity index is 1930. The number of aryl methyl sites for hydroxylation is 3. The third-order valence-corrected chi connectivity index (χ3v) is 8.06. The Morgan fingerprint density at radius 2 is 1.25 bits per heavy atom. The maximum Gasteiger partial charge on any atom is 2.00 e. The van der Waals surface area contributed by atoms with Gasteiger partial charge in [0.15, 0.2) is 0 Å². The molecule has 0 fully saturated rings. The van der Waals surface area contributed by atoms with E-state index in [4.69, 9.17) is 19.9 Å². The summed E-state index contributed by atoms with van der Waals surface area (Å²) in [6.07, 6.45) is 4.06. The molecule has 8 nitrogen and oxygen atoms in total. The van der Waals surface area contributed by atoms with Gasteiger partial charge in [-0.1, -0.05) is 66.3 Å². The first-order valence-corrected chi connectivity index (χ1v) is 13.8.